The zero-order chi connectivity index (χ0) is 10.8. The highest BCUT2D eigenvalue weighted by Gasteiger charge is 2.24. The molecule has 1 atom stereocenters. The molecule has 0 saturated carbocycles. The van der Waals surface area contributed by atoms with Crippen molar-refractivity contribution in [3.63, 3.8) is 0 Å². The zero-order valence-electron chi connectivity index (χ0n) is 7.79. The minimum atomic E-state index is -0.368. The van der Waals surface area contributed by atoms with E-state index in [1.807, 2.05) is 0 Å². The Hall–Kier alpha value is -1.49. The summed E-state index contributed by atoms with van der Waals surface area (Å²) in [5.74, 6) is -0.514. The van der Waals surface area contributed by atoms with E-state index in [-0.39, 0.29) is 29.3 Å². The number of rotatable bonds is 1. The SMILES string of the molecule is O=C1CC(c2ccccc2F)NC(=S)N1. The molecule has 1 aliphatic rings. The average Bonchev–Trinajstić information content (AvgIpc) is 2.16. The summed E-state index contributed by atoms with van der Waals surface area (Å²) in [5.41, 5.74) is 0.467. The lowest BCUT2D eigenvalue weighted by molar-refractivity contribution is -0.120. The first-order valence-corrected chi connectivity index (χ1v) is 4.92. The van der Waals surface area contributed by atoms with Crippen LogP contribution in [-0.4, -0.2) is 11.0 Å². The van der Waals surface area contributed by atoms with Crippen LogP contribution in [0, 0.1) is 5.82 Å². The molecular weight excluding hydrogens is 215 g/mol. The number of carbonyl (C=O) groups is 1. The molecule has 0 spiro atoms. The lowest BCUT2D eigenvalue weighted by Gasteiger charge is -2.25. The summed E-state index contributed by atoms with van der Waals surface area (Å²) < 4.78 is 13.4. The Morgan fingerprint density at radius 3 is 2.80 bits per heavy atom. The van der Waals surface area contributed by atoms with Crippen molar-refractivity contribution in [2.75, 3.05) is 0 Å². The number of nitrogens with one attached hydrogen (secondary N) is 2. The maximum atomic E-state index is 13.4. The van der Waals surface area contributed by atoms with Crippen molar-refractivity contribution in [3.05, 3.63) is 35.6 Å². The molecule has 0 bridgehead atoms. The molecule has 78 valence electrons. The molecular formula is C10H9FN2OS. The van der Waals surface area contributed by atoms with E-state index < -0.39 is 0 Å². The maximum absolute atomic E-state index is 13.4. The van der Waals surface area contributed by atoms with Gasteiger partial charge in [0.15, 0.2) is 5.11 Å². The highest BCUT2D eigenvalue weighted by molar-refractivity contribution is 7.80. The van der Waals surface area contributed by atoms with Crippen LogP contribution in [0.1, 0.15) is 18.0 Å². The fraction of sp³-hybridized carbons (Fsp3) is 0.200. The molecule has 3 nitrogen and oxygen atoms in total. The molecule has 1 aliphatic heterocycles. The smallest absolute Gasteiger partial charge is 0.228 e. The van der Waals surface area contributed by atoms with Crippen LogP contribution < -0.4 is 10.6 Å². The van der Waals surface area contributed by atoms with Crippen LogP contribution in [0.4, 0.5) is 4.39 Å². The van der Waals surface area contributed by atoms with Gasteiger partial charge in [0.25, 0.3) is 0 Å². The lowest BCUT2D eigenvalue weighted by Crippen LogP contribution is -2.48. The largest absolute Gasteiger partial charge is 0.355 e. The van der Waals surface area contributed by atoms with E-state index in [9.17, 15) is 9.18 Å². The van der Waals surface area contributed by atoms with Crippen LogP contribution in [0.5, 0.6) is 0 Å². The van der Waals surface area contributed by atoms with Gasteiger partial charge in [-0.15, -0.1) is 0 Å². The molecule has 1 amide bonds. The Kier molecular flexibility index (Phi) is 2.64. The minimum Gasteiger partial charge on any atom is -0.355 e. The molecule has 0 aromatic heterocycles. The quantitative estimate of drug-likeness (QED) is 0.706. The summed E-state index contributed by atoms with van der Waals surface area (Å²) in [6.07, 6.45) is 0.196. The summed E-state index contributed by atoms with van der Waals surface area (Å²) in [5, 5.41) is 5.57. The highest BCUT2D eigenvalue weighted by atomic mass is 32.1. The number of halogens is 1. The summed E-state index contributed by atoms with van der Waals surface area (Å²) in [6.45, 7) is 0. The highest BCUT2D eigenvalue weighted by Crippen LogP contribution is 2.21. The Labute approximate surface area is 91.7 Å². The summed E-state index contributed by atoms with van der Waals surface area (Å²) in [7, 11) is 0. The number of benzene rings is 1. The minimum absolute atomic E-state index is 0.188. The van der Waals surface area contributed by atoms with Crippen molar-refractivity contribution in [2.45, 2.75) is 12.5 Å². The third-order valence-corrected chi connectivity index (χ3v) is 2.45. The molecule has 15 heavy (non-hydrogen) atoms. The normalized spacial score (nSPS) is 20.7. The van der Waals surface area contributed by atoms with Crippen LogP contribution in [0.15, 0.2) is 24.3 Å². The average molecular weight is 224 g/mol. The van der Waals surface area contributed by atoms with E-state index in [1.165, 1.54) is 6.07 Å². The summed E-state index contributed by atoms with van der Waals surface area (Å²) >= 11 is 4.84. The first-order valence-electron chi connectivity index (χ1n) is 4.51. The fourth-order valence-electron chi connectivity index (χ4n) is 1.55. The van der Waals surface area contributed by atoms with E-state index in [0.29, 0.717) is 5.56 Å². The number of amides is 1. The maximum Gasteiger partial charge on any atom is 0.228 e. The van der Waals surface area contributed by atoms with Crippen LogP contribution in [0.3, 0.4) is 0 Å². The second kappa shape index (κ2) is 3.94. The zero-order valence-corrected chi connectivity index (χ0v) is 8.60. The van der Waals surface area contributed by atoms with Crippen LogP contribution in [0.25, 0.3) is 0 Å². The second-order valence-corrected chi connectivity index (χ2v) is 3.71. The Morgan fingerprint density at radius 1 is 1.40 bits per heavy atom. The summed E-state index contributed by atoms with van der Waals surface area (Å²) in [6, 6.07) is 5.99. The second-order valence-electron chi connectivity index (χ2n) is 3.30. The fourth-order valence-corrected chi connectivity index (χ4v) is 1.81. The Balaban J connectivity index is 2.27. The van der Waals surface area contributed by atoms with Gasteiger partial charge in [-0.05, 0) is 18.3 Å². The molecule has 0 radical (unpaired) electrons. The van der Waals surface area contributed by atoms with Crippen molar-refractivity contribution in [1.29, 1.82) is 0 Å². The van der Waals surface area contributed by atoms with E-state index in [2.05, 4.69) is 10.6 Å². The van der Waals surface area contributed by atoms with E-state index in [4.69, 9.17) is 12.2 Å². The molecule has 0 aliphatic carbocycles. The van der Waals surface area contributed by atoms with Gasteiger partial charge >= 0.3 is 0 Å². The number of carbonyl (C=O) groups excluding carboxylic acids is 1. The van der Waals surface area contributed by atoms with Crippen molar-refractivity contribution in [2.24, 2.45) is 0 Å². The van der Waals surface area contributed by atoms with Gasteiger partial charge in [0.05, 0.1) is 12.5 Å². The molecule has 1 saturated heterocycles. The molecule has 5 heteroatoms. The standard InChI is InChI=1S/C10H9FN2OS/c11-7-4-2-1-3-6(7)8-5-9(14)13-10(15)12-8/h1-4,8H,5H2,(H2,12,13,14,15). The lowest BCUT2D eigenvalue weighted by atomic mass is 10.0. The van der Waals surface area contributed by atoms with Gasteiger partial charge in [0, 0.05) is 5.56 Å². The number of thiocarbonyl (C=S) groups is 1. The van der Waals surface area contributed by atoms with Crippen LogP contribution in [-0.2, 0) is 4.79 Å². The molecule has 2 rings (SSSR count). The van der Waals surface area contributed by atoms with E-state index in [1.54, 1.807) is 18.2 Å². The predicted octanol–water partition coefficient (Wildman–Crippen LogP) is 1.26. The van der Waals surface area contributed by atoms with Gasteiger partial charge in [0.1, 0.15) is 5.82 Å². The topological polar surface area (TPSA) is 41.1 Å². The molecule has 1 aromatic rings. The molecule has 1 heterocycles. The Bertz CT molecular complexity index is 406. The molecule has 1 unspecified atom stereocenters. The monoisotopic (exact) mass is 224 g/mol. The number of hydrogen-bond acceptors (Lipinski definition) is 2. The molecule has 1 aromatic carbocycles. The summed E-state index contributed by atoms with van der Waals surface area (Å²) in [4.78, 5) is 11.2. The van der Waals surface area contributed by atoms with Crippen molar-refractivity contribution in [1.82, 2.24) is 10.6 Å². The van der Waals surface area contributed by atoms with Crippen molar-refractivity contribution < 1.29 is 9.18 Å². The van der Waals surface area contributed by atoms with Crippen LogP contribution >= 0.6 is 12.2 Å². The third kappa shape index (κ3) is 2.12. The third-order valence-electron chi connectivity index (χ3n) is 2.23. The first-order chi connectivity index (χ1) is 7.16. The molecule has 1 fully saturated rings. The van der Waals surface area contributed by atoms with Gasteiger partial charge in [-0.25, -0.2) is 4.39 Å². The van der Waals surface area contributed by atoms with Crippen molar-refractivity contribution >= 4 is 23.2 Å². The Morgan fingerprint density at radius 2 is 2.13 bits per heavy atom. The van der Waals surface area contributed by atoms with Gasteiger partial charge in [0.2, 0.25) is 5.91 Å². The van der Waals surface area contributed by atoms with Gasteiger partial charge in [-0.1, -0.05) is 18.2 Å². The van der Waals surface area contributed by atoms with E-state index in [0.717, 1.165) is 0 Å². The number of hydrogen-bond donors (Lipinski definition) is 2. The first kappa shape index (κ1) is 10.0. The van der Waals surface area contributed by atoms with E-state index >= 15 is 0 Å². The van der Waals surface area contributed by atoms with Crippen molar-refractivity contribution in [3.8, 4) is 0 Å². The van der Waals surface area contributed by atoms with Gasteiger partial charge in [-0.2, -0.15) is 0 Å². The molecule has 2 N–H and O–H groups in total. The predicted molar refractivity (Wildman–Crippen MR) is 57.6 cm³/mol. The van der Waals surface area contributed by atoms with Crippen LogP contribution in [0.2, 0.25) is 0 Å². The van der Waals surface area contributed by atoms with Gasteiger partial charge in [-0.3, -0.25) is 4.79 Å². The van der Waals surface area contributed by atoms with Gasteiger partial charge < -0.3 is 10.6 Å².